The van der Waals surface area contributed by atoms with Gasteiger partial charge in [0, 0.05) is 33.9 Å². The first-order valence-corrected chi connectivity index (χ1v) is 12.0. The van der Waals surface area contributed by atoms with Crippen LogP contribution < -0.4 is 10.2 Å². The van der Waals surface area contributed by atoms with Gasteiger partial charge in [0.25, 0.3) is 0 Å². The molecular formula is C26H24BrN5S. The van der Waals surface area contributed by atoms with Crippen LogP contribution in [0.4, 0.5) is 5.69 Å². The molecule has 166 valence electrons. The molecule has 1 aliphatic rings. The predicted molar refractivity (Wildman–Crippen MR) is 140 cm³/mol. The molecule has 0 amide bonds. The summed E-state index contributed by atoms with van der Waals surface area (Å²) in [5.74, 6) is 0.910. The largest absolute Gasteiger partial charge is 0.351 e. The summed E-state index contributed by atoms with van der Waals surface area (Å²) in [4.78, 5) is 11.5. The second-order valence-electron chi connectivity index (χ2n) is 8.28. The van der Waals surface area contributed by atoms with Crippen LogP contribution in [0, 0.1) is 20.8 Å². The van der Waals surface area contributed by atoms with E-state index in [2.05, 4.69) is 91.8 Å². The van der Waals surface area contributed by atoms with Gasteiger partial charge in [0.15, 0.2) is 5.11 Å². The Morgan fingerprint density at radius 2 is 1.70 bits per heavy atom. The molecule has 1 N–H and O–H groups in total. The van der Waals surface area contributed by atoms with Crippen molar-refractivity contribution < 1.29 is 0 Å². The van der Waals surface area contributed by atoms with Gasteiger partial charge in [-0.15, -0.1) is 0 Å². The number of halogens is 1. The number of aromatic nitrogens is 3. The zero-order valence-electron chi connectivity index (χ0n) is 18.7. The van der Waals surface area contributed by atoms with Gasteiger partial charge in [-0.05, 0) is 92.6 Å². The molecule has 1 saturated heterocycles. The third-order valence-electron chi connectivity index (χ3n) is 6.19. The summed E-state index contributed by atoms with van der Waals surface area (Å²) in [6.45, 7) is 6.37. The van der Waals surface area contributed by atoms with E-state index in [0.29, 0.717) is 5.11 Å². The lowest BCUT2D eigenvalue weighted by atomic mass is 9.96. The molecule has 1 aliphatic heterocycles. The third kappa shape index (κ3) is 3.85. The van der Waals surface area contributed by atoms with Crippen molar-refractivity contribution in [2.24, 2.45) is 0 Å². The van der Waals surface area contributed by atoms with Gasteiger partial charge in [-0.1, -0.05) is 28.1 Å². The Bertz CT molecular complexity index is 1320. The molecule has 33 heavy (non-hydrogen) atoms. The molecule has 0 unspecified atom stereocenters. The number of anilines is 1. The van der Waals surface area contributed by atoms with E-state index in [1.807, 2.05) is 42.7 Å². The summed E-state index contributed by atoms with van der Waals surface area (Å²) in [7, 11) is 0. The van der Waals surface area contributed by atoms with E-state index in [0.717, 1.165) is 38.6 Å². The highest BCUT2D eigenvalue weighted by Gasteiger charge is 2.42. The van der Waals surface area contributed by atoms with Crippen LogP contribution in [0.25, 0.3) is 5.82 Å². The smallest absolute Gasteiger partial charge is 0.174 e. The van der Waals surface area contributed by atoms with E-state index in [9.17, 15) is 0 Å². The monoisotopic (exact) mass is 517 g/mol. The minimum atomic E-state index is -0.0830. The topological polar surface area (TPSA) is 46.0 Å². The van der Waals surface area contributed by atoms with Gasteiger partial charge in [-0.3, -0.25) is 4.98 Å². The second kappa shape index (κ2) is 8.72. The number of hydrogen-bond acceptors (Lipinski definition) is 3. The molecule has 1 fully saturated rings. The van der Waals surface area contributed by atoms with Crippen LogP contribution in [0.5, 0.6) is 0 Å². The van der Waals surface area contributed by atoms with Crippen LogP contribution in [-0.2, 0) is 0 Å². The summed E-state index contributed by atoms with van der Waals surface area (Å²) in [5, 5.41) is 4.25. The van der Waals surface area contributed by atoms with E-state index in [4.69, 9.17) is 12.2 Å². The van der Waals surface area contributed by atoms with Gasteiger partial charge < -0.3 is 14.8 Å². The van der Waals surface area contributed by atoms with Gasteiger partial charge in [-0.2, -0.15) is 0 Å². The molecule has 0 aliphatic carbocycles. The Hall–Kier alpha value is -3.03. The summed E-state index contributed by atoms with van der Waals surface area (Å²) < 4.78 is 3.28. The lowest BCUT2D eigenvalue weighted by Gasteiger charge is -2.28. The molecule has 7 heteroatoms. The quantitative estimate of drug-likeness (QED) is 0.329. The average Bonchev–Trinajstić information content (AvgIpc) is 3.32. The summed E-state index contributed by atoms with van der Waals surface area (Å²) >= 11 is 9.51. The van der Waals surface area contributed by atoms with Gasteiger partial charge in [-0.25, -0.2) is 4.98 Å². The lowest BCUT2D eigenvalue weighted by Crippen LogP contribution is -2.29. The van der Waals surface area contributed by atoms with Crippen molar-refractivity contribution in [1.82, 2.24) is 19.9 Å². The lowest BCUT2D eigenvalue weighted by molar-refractivity contribution is 0.565. The highest BCUT2D eigenvalue weighted by atomic mass is 79.9. The Balaban J connectivity index is 1.69. The van der Waals surface area contributed by atoms with Crippen molar-refractivity contribution in [1.29, 1.82) is 0 Å². The summed E-state index contributed by atoms with van der Waals surface area (Å²) in [6.07, 6.45) is 3.66. The van der Waals surface area contributed by atoms with E-state index in [1.54, 1.807) is 0 Å². The van der Waals surface area contributed by atoms with E-state index >= 15 is 0 Å². The first kappa shape index (κ1) is 21.8. The van der Waals surface area contributed by atoms with Gasteiger partial charge in [0.2, 0.25) is 0 Å². The molecule has 5 nitrogen and oxygen atoms in total. The van der Waals surface area contributed by atoms with Crippen LogP contribution >= 0.6 is 28.1 Å². The molecule has 1 aromatic carbocycles. The normalized spacial score (nSPS) is 17.9. The number of aryl methyl sites for hydroxylation is 2. The van der Waals surface area contributed by atoms with Gasteiger partial charge in [0.05, 0.1) is 17.8 Å². The van der Waals surface area contributed by atoms with Crippen molar-refractivity contribution in [2.45, 2.75) is 32.9 Å². The predicted octanol–water partition coefficient (Wildman–Crippen LogP) is 6.13. The second-order valence-corrected chi connectivity index (χ2v) is 9.52. The number of pyridine rings is 2. The molecule has 3 aromatic heterocycles. The van der Waals surface area contributed by atoms with E-state index < -0.39 is 0 Å². The summed E-state index contributed by atoms with van der Waals surface area (Å²) in [5.41, 5.74) is 6.65. The molecule has 0 saturated carbocycles. The molecule has 0 spiro atoms. The third-order valence-corrected chi connectivity index (χ3v) is 7.39. The first-order chi connectivity index (χ1) is 16.0. The van der Waals surface area contributed by atoms with Crippen LogP contribution in [0.15, 0.2) is 77.5 Å². The maximum Gasteiger partial charge on any atom is 0.174 e. The minimum Gasteiger partial charge on any atom is -0.351 e. The van der Waals surface area contributed by atoms with Crippen LogP contribution in [0.1, 0.15) is 40.3 Å². The fourth-order valence-corrected chi connectivity index (χ4v) is 5.25. The molecule has 2 atom stereocenters. The van der Waals surface area contributed by atoms with Crippen molar-refractivity contribution >= 4 is 38.9 Å². The fraction of sp³-hybridized carbons (Fsp3) is 0.192. The van der Waals surface area contributed by atoms with Crippen molar-refractivity contribution in [3.8, 4) is 5.82 Å². The molecule has 4 heterocycles. The Morgan fingerprint density at radius 3 is 2.36 bits per heavy atom. The first-order valence-electron chi connectivity index (χ1n) is 10.8. The molecule has 0 bridgehead atoms. The molecular weight excluding hydrogens is 494 g/mol. The maximum atomic E-state index is 5.89. The number of hydrogen-bond donors (Lipinski definition) is 1. The Labute approximate surface area is 207 Å². The number of nitrogens with one attached hydrogen (secondary N) is 1. The molecule has 4 aromatic rings. The highest BCUT2D eigenvalue weighted by molar-refractivity contribution is 9.10. The maximum absolute atomic E-state index is 5.89. The van der Waals surface area contributed by atoms with E-state index in [-0.39, 0.29) is 12.1 Å². The summed E-state index contributed by atoms with van der Waals surface area (Å²) in [6, 6.07) is 20.5. The van der Waals surface area contributed by atoms with Crippen LogP contribution in [0.2, 0.25) is 0 Å². The molecule has 5 rings (SSSR count). The zero-order valence-corrected chi connectivity index (χ0v) is 21.1. The van der Waals surface area contributed by atoms with Crippen LogP contribution in [0.3, 0.4) is 0 Å². The number of thiocarbonyl (C=S) groups is 1. The average molecular weight is 518 g/mol. The van der Waals surface area contributed by atoms with Crippen molar-refractivity contribution in [2.75, 3.05) is 4.90 Å². The van der Waals surface area contributed by atoms with Crippen LogP contribution in [-0.4, -0.2) is 19.6 Å². The van der Waals surface area contributed by atoms with Crippen molar-refractivity contribution in [3.63, 3.8) is 0 Å². The fourth-order valence-electron chi connectivity index (χ4n) is 4.65. The van der Waals surface area contributed by atoms with Crippen molar-refractivity contribution in [3.05, 3.63) is 106 Å². The number of nitrogens with zero attached hydrogens (tertiary/aromatic N) is 4. The molecule has 0 radical (unpaired) electrons. The highest BCUT2D eigenvalue weighted by Crippen LogP contribution is 2.44. The Kier molecular flexibility index (Phi) is 5.76. The zero-order chi connectivity index (χ0) is 23.1. The number of rotatable bonds is 4. The minimum absolute atomic E-state index is 0.0587. The number of benzene rings is 1. The van der Waals surface area contributed by atoms with Gasteiger partial charge in [0.1, 0.15) is 5.82 Å². The SMILES string of the molecule is Cc1cc(N2C(=S)N[C@H](c3ccccn3)[C@H]2c2cc(C)n(-c3ccccn3)c2C)ccc1Br. The van der Waals surface area contributed by atoms with Gasteiger partial charge >= 0.3 is 0 Å². The van der Waals surface area contributed by atoms with E-state index in [1.165, 1.54) is 5.56 Å². The standard InChI is InChI=1S/C26H24BrN5S/c1-16-14-19(10-11-21(16)27)32-25(24(30-26(32)33)22-8-4-6-12-28-22)20-15-17(2)31(18(20)3)23-9-5-7-13-29-23/h4-15,24-25H,1-3H3,(H,30,33)/t24-,25-/m1/s1. The Morgan fingerprint density at radius 1 is 0.939 bits per heavy atom.